The number of phenolic OH excluding ortho intramolecular Hbond substituents is 1. The summed E-state index contributed by atoms with van der Waals surface area (Å²) in [6.45, 7) is 0. The molecule has 0 atom stereocenters. The van der Waals surface area contributed by atoms with Gasteiger partial charge in [0.1, 0.15) is 5.75 Å². The van der Waals surface area contributed by atoms with Crippen molar-refractivity contribution in [2.45, 2.75) is 0 Å². The van der Waals surface area contributed by atoms with E-state index in [9.17, 15) is 15.0 Å². The van der Waals surface area contributed by atoms with Crippen LogP contribution in [0.4, 0.5) is 0 Å². The third kappa shape index (κ3) is 3.60. The van der Waals surface area contributed by atoms with E-state index in [-0.39, 0.29) is 11.3 Å². The molecule has 0 aliphatic heterocycles. The summed E-state index contributed by atoms with van der Waals surface area (Å²) < 4.78 is 15.8. The van der Waals surface area contributed by atoms with Crippen LogP contribution in [-0.4, -0.2) is 37.5 Å². The van der Waals surface area contributed by atoms with E-state index in [1.165, 1.54) is 51.7 Å². The van der Waals surface area contributed by atoms with E-state index in [1.54, 1.807) is 12.1 Å². The van der Waals surface area contributed by atoms with Gasteiger partial charge in [-0.1, -0.05) is 12.1 Å². The number of aliphatic carboxylic acids is 1. The van der Waals surface area contributed by atoms with Gasteiger partial charge in [-0.2, -0.15) is 0 Å². The molecule has 0 aromatic heterocycles. The lowest BCUT2D eigenvalue weighted by atomic mass is 10.0. The van der Waals surface area contributed by atoms with Crippen molar-refractivity contribution in [3.8, 4) is 23.0 Å². The summed E-state index contributed by atoms with van der Waals surface area (Å²) in [6.07, 6.45) is 1.50. The summed E-state index contributed by atoms with van der Waals surface area (Å²) in [5, 5.41) is 18.8. The van der Waals surface area contributed by atoms with Gasteiger partial charge in [-0.05, 0) is 41.5 Å². The minimum absolute atomic E-state index is 0.0660. The third-order valence-electron chi connectivity index (χ3n) is 3.41. The molecule has 0 aliphatic carbocycles. The summed E-state index contributed by atoms with van der Waals surface area (Å²) in [5.74, 6) is 0.265. The Morgan fingerprint density at radius 2 is 1.50 bits per heavy atom. The van der Waals surface area contributed by atoms with Crippen LogP contribution < -0.4 is 14.2 Å². The Morgan fingerprint density at radius 3 is 1.92 bits per heavy atom. The number of rotatable bonds is 6. The number of hydrogen-bond acceptors (Lipinski definition) is 5. The smallest absolute Gasteiger partial charge is 0.336 e. The Hall–Kier alpha value is -3.15. The minimum atomic E-state index is -1.09. The molecule has 6 heteroatoms. The molecule has 0 radical (unpaired) electrons. The number of aromatic hydroxyl groups is 1. The maximum Gasteiger partial charge on any atom is 0.336 e. The molecular weight excluding hydrogens is 312 g/mol. The first-order chi connectivity index (χ1) is 11.5. The number of ether oxygens (including phenoxy) is 3. The van der Waals surface area contributed by atoms with Gasteiger partial charge < -0.3 is 24.4 Å². The molecule has 0 bridgehead atoms. The number of methoxy groups -OCH3 is 3. The largest absolute Gasteiger partial charge is 0.508 e. The predicted molar refractivity (Wildman–Crippen MR) is 89.7 cm³/mol. The molecule has 2 N–H and O–H groups in total. The molecule has 2 rings (SSSR count). The Kier molecular flexibility index (Phi) is 5.31. The zero-order valence-corrected chi connectivity index (χ0v) is 13.6. The average molecular weight is 330 g/mol. The van der Waals surface area contributed by atoms with Crippen LogP contribution in [0.5, 0.6) is 23.0 Å². The van der Waals surface area contributed by atoms with E-state index >= 15 is 0 Å². The first-order valence-electron chi connectivity index (χ1n) is 7.04. The van der Waals surface area contributed by atoms with E-state index in [0.29, 0.717) is 28.4 Å². The highest BCUT2D eigenvalue weighted by molar-refractivity contribution is 6.20. The lowest BCUT2D eigenvalue weighted by Crippen LogP contribution is -2.00. The van der Waals surface area contributed by atoms with Crippen LogP contribution in [0.25, 0.3) is 11.6 Å². The van der Waals surface area contributed by atoms with Crippen molar-refractivity contribution in [2.75, 3.05) is 21.3 Å². The fourth-order valence-electron chi connectivity index (χ4n) is 2.26. The summed E-state index contributed by atoms with van der Waals surface area (Å²) >= 11 is 0. The van der Waals surface area contributed by atoms with Gasteiger partial charge in [0.2, 0.25) is 5.75 Å². The molecule has 0 fully saturated rings. The highest BCUT2D eigenvalue weighted by Gasteiger charge is 2.15. The van der Waals surface area contributed by atoms with E-state index in [4.69, 9.17) is 14.2 Å². The van der Waals surface area contributed by atoms with Crippen molar-refractivity contribution in [3.05, 3.63) is 47.5 Å². The topological polar surface area (TPSA) is 85.2 Å². The molecule has 0 unspecified atom stereocenters. The predicted octanol–water partition coefficient (Wildman–Crippen LogP) is 3.04. The lowest BCUT2D eigenvalue weighted by molar-refractivity contribution is -0.130. The van der Waals surface area contributed by atoms with Crippen LogP contribution in [0, 0.1) is 0 Å². The zero-order valence-electron chi connectivity index (χ0n) is 13.6. The third-order valence-corrected chi connectivity index (χ3v) is 3.41. The van der Waals surface area contributed by atoms with Crippen molar-refractivity contribution >= 4 is 17.6 Å². The van der Waals surface area contributed by atoms with Gasteiger partial charge in [-0.3, -0.25) is 0 Å². The van der Waals surface area contributed by atoms with Crippen molar-refractivity contribution < 1.29 is 29.2 Å². The fourth-order valence-corrected chi connectivity index (χ4v) is 2.26. The minimum Gasteiger partial charge on any atom is -0.508 e. The van der Waals surface area contributed by atoms with Gasteiger partial charge in [0.15, 0.2) is 11.5 Å². The normalized spacial score (nSPS) is 11.0. The number of carbonyl (C=O) groups is 1. The van der Waals surface area contributed by atoms with Crippen molar-refractivity contribution in [1.29, 1.82) is 0 Å². The molecule has 0 aliphatic rings. The molecule has 0 spiro atoms. The SMILES string of the molecule is COc1cc(C=C(C(=O)O)c2ccc(O)cc2)cc(OC)c1OC. The van der Waals surface area contributed by atoms with Crippen LogP contribution in [0.1, 0.15) is 11.1 Å². The molecule has 24 heavy (non-hydrogen) atoms. The fraction of sp³-hybridized carbons (Fsp3) is 0.167. The molecule has 2 aromatic rings. The summed E-state index contributed by atoms with van der Waals surface area (Å²) in [6, 6.07) is 9.25. The molecular formula is C18H18O6. The van der Waals surface area contributed by atoms with E-state index in [0.717, 1.165) is 0 Å². The monoisotopic (exact) mass is 330 g/mol. The van der Waals surface area contributed by atoms with Gasteiger partial charge >= 0.3 is 5.97 Å². The van der Waals surface area contributed by atoms with Crippen LogP contribution in [0.3, 0.4) is 0 Å². The van der Waals surface area contributed by atoms with Crippen LogP contribution >= 0.6 is 0 Å². The number of benzene rings is 2. The van der Waals surface area contributed by atoms with Gasteiger partial charge in [0.05, 0.1) is 26.9 Å². The second kappa shape index (κ2) is 7.41. The average Bonchev–Trinajstić information content (AvgIpc) is 2.59. The molecule has 0 heterocycles. The number of hydrogen-bond donors (Lipinski definition) is 2. The zero-order chi connectivity index (χ0) is 17.7. The number of phenols is 1. The second-order valence-electron chi connectivity index (χ2n) is 4.87. The molecule has 6 nitrogen and oxygen atoms in total. The Balaban J connectivity index is 2.57. The number of carboxylic acid groups (broad SMARTS) is 1. The van der Waals surface area contributed by atoms with Crippen molar-refractivity contribution in [3.63, 3.8) is 0 Å². The van der Waals surface area contributed by atoms with Gasteiger partial charge in [0.25, 0.3) is 0 Å². The Labute approximate surface area is 139 Å². The van der Waals surface area contributed by atoms with Gasteiger partial charge in [-0.15, -0.1) is 0 Å². The highest BCUT2D eigenvalue weighted by atomic mass is 16.5. The summed E-state index contributed by atoms with van der Waals surface area (Å²) in [7, 11) is 4.47. The van der Waals surface area contributed by atoms with E-state index in [2.05, 4.69) is 0 Å². The van der Waals surface area contributed by atoms with E-state index < -0.39 is 5.97 Å². The van der Waals surface area contributed by atoms with Crippen LogP contribution in [0.2, 0.25) is 0 Å². The highest BCUT2D eigenvalue weighted by Crippen LogP contribution is 2.39. The maximum absolute atomic E-state index is 11.6. The summed E-state index contributed by atoms with van der Waals surface area (Å²) in [4.78, 5) is 11.6. The molecule has 0 amide bonds. The molecule has 0 saturated heterocycles. The van der Waals surface area contributed by atoms with Crippen molar-refractivity contribution in [1.82, 2.24) is 0 Å². The van der Waals surface area contributed by atoms with Gasteiger partial charge in [-0.25, -0.2) is 4.79 Å². The molecule has 0 saturated carbocycles. The van der Waals surface area contributed by atoms with E-state index in [1.807, 2.05) is 0 Å². The van der Waals surface area contributed by atoms with Crippen LogP contribution in [0.15, 0.2) is 36.4 Å². The standard InChI is InChI=1S/C18H18O6/c1-22-15-9-11(10-16(23-2)17(15)24-3)8-14(18(20)21)12-4-6-13(19)7-5-12/h4-10,19H,1-3H3,(H,20,21). The summed E-state index contributed by atoms with van der Waals surface area (Å²) in [5.41, 5.74) is 1.12. The lowest BCUT2D eigenvalue weighted by Gasteiger charge is -2.13. The molecule has 2 aromatic carbocycles. The molecule has 126 valence electrons. The first kappa shape index (κ1) is 17.2. The first-order valence-corrected chi connectivity index (χ1v) is 7.04. The number of carboxylic acids is 1. The second-order valence-corrected chi connectivity index (χ2v) is 4.87. The quantitative estimate of drug-likeness (QED) is 0.625. The van der Waals surface area contributed by atoms with Crippen LogP contribution in [-0.2, 0) is 4.79 Å². The van der Waals surface area contributed by atoms with Gasteiger partial charge in [0, 0.05) is 0 Å². The Bertz CT molecular complexity index is 737. The van der Waals surface area contributed by atoms with Crippen molar-refractivity contribution in [2.24, 2.45) is 0 Å². The maximum atomic E-state index is 11.6. The Morgan fingerprint density at radius 1 is 0.958 bits per heavy atom.